The van der Waals surface area contributed by atoms with Crippen LogP contribution in [0.1, 0.15) is 11.1 Å². The molecule has 8 nitrogen and oxygen atoms in total. The molecule has 1 amide bonds. The standard InChI is InChI=1S/C23H20FN7O/c24-17-4-2-1-3-14(17)13-21(32)31-10-7-15-11-16(12-18(25)22(15)31)19-5-8-26-23(28-19)29-20-6-9-27-30-20/h1-6,8-9,11-12H,7,10,13,25H2,(H2,26,27,28,29,30). The van der Waals surface area contributed by atoms with Crippen molar-refractivity contribution in [1.29, 1.82) is 0 Å². The zero-order chi connectivity index (χ0) is 22.1. The molecule has 4 N–H and O–H groups in total. The summed E-state index contributed by atoms with van der Waals surface area (Å²) in [6.45, 7) is 0.507. The van der Waals surface area contributed by atoms with E-state index in [1.807, 2.05) is 6.07 Å². The largest absolute Gasteiger partial charge is 0.397 e. The molecule has 0 bridgehead atoms. The first kappa shape index (κ1) is 19.7. The lowest BCUT2D eigenvalue weighted by Crippen LogP contribution is -2.31. The average molecular weight is 429 g/mol. The molecule has 0 unspecified atom stereocenters. The number of nitrogens with one attached hydrogen (secondary N) is 2. The maximum absolute atomic E-state index is 14.0. The highest BCUT2D eigenvalue weighted by Gasteiger charge is 2.28. The Balaban J connectivity index is 1.40. The Bertz CT molecular complexity index is 1290. The van der Waals surface area contributed by atoms with Crippen LogP contribution in [-0.2, 0) is 17.6 Å². The Morgan fingerprint density at radius 1 is 1.19 bits per heavy atom. The lowest BCUT2D eigenvalue weighted by atomic mass is 10.0. The lowest BCUT2D eigenvalue weighted by Gasteiger charge is -2.20. The molecule has 1 aliphatic heterocycles. The zero-order valence-corrected chi connectivity index (χ0v) is 17.0. The Morgan fingerprint density at radius 2 is 2.06 bits per heavy atom. The fraction of sp³-hybridized carbons (Fsp3) is 0.130. The number of carbonyl (C=O) groups excluding carboxylic acids is 1. The van der Waals surface area contributed by atoms with E-state index in [0.29, 0.717) is 47.4 Å². The second-order valence-electron chi connectivity index (χ2n) is 7.50. The first-order valence-corrected chi connectivity index (χ1v) is 10.1. The molecule has 160 valence electrons. The lowest BCUT2D eigenvalue weighted by molar-refractivity contribution is -0.117. The second-order valence-corrected chi connectivity index (χ2v) is 7.50. The van der Waals surface area contributed by atoms with E-state index in [0.717, 1.165) is 11.1 Å². The topological polar surface area (TPSA) is 113 Å². The number of H-pyrrole nitrogens is 1. The summed E-state index contributed by atoms with van der Waals surface area (Å²) in [5, 5.41) is 9.75. The summed E-state index contributed by atoms with van der Waals surface area (Å²) >= 11 is 0. The number of nitrogens with two attached hydrogens (primary N) is 1. The average Bonchev–Trinajstić information content (AvgIpc) is 3.45. The summed E-state index contributed by atoms with van der Waals surface area (Å²) in [4.78, 5) is 23.3. The van der Waals surface area contributed by atoms with Crippen molar-refractivity contribution in [3.63, 3.8) is 0 Å². The number of halogens is 1. The number of hydrogen-bond donors (Lipinski definition) is 3. The second kappa shape index (κ2) is 8.10. The van der Waals surface area contributed by atoms with Crippen molar-refractivity contribution in [1.82, 2.24) is 20.2 Å². The van der Waals surface area contributed by atoms with Gasteiger partial charge in [0.25, 0.3) is 0 Å². The third kappa shape index (κ3) is 3.76. The van der Waals surface area contributed by atoms with Crippen molar-refractivity contribution in [3.05, 3.63) is 77.9 Å². The van der Waals surface area contributed by atoms with E-state index in [2.05, 4.69) is 25.5 Å². The van der Waals surface area contributed by atoms with Gasteiger partial charge in [0.2, 0.25) is 11.9 Å². The normalized spacial score (nSPS) is 12.6. The fourth-order valence-corrected chi connectivity index (χ4v) is 3.91. The highest BCUT2D eigenvalue weighted by atomic mass is 19.1. The highest BCUT2D eigenvalue weighted by Crippen LogP contribution is 2.38. The van der Waals surface area contributed by atoms with Crippen LogP contribution in [0.2, 0.25) is 0 Å². The molecule has 9 heteroatoms. The van der Waals surface area contributed by atoms with Gasteiger partial charge in [-0.05, 0) is 41.8 Å². The number of rotatable bonds is 5. The van der Waals surface area contributed by atoms with Crippen LogP contribution in [0, 0.1) is 5.82 Å². The maximum atomic E-state index is 14.0. The van der Waals surface area contributed by atoms with E-state index in [4.69, 9.17) is 5.73 Å². The van der Waals surface area contributed by atoms with Gasteiger partial charge in [0.1, 0.15) is 11.6 Å². The van der Waals surface area contributed by atoms with Crippen LogP contribution in [0.5, 0.6) is 0 Å². The molecule has 0 radical (unpaired) electrons. The summed E-state index contributed by atoms with van der Waals surface area (Å²) in [5.41, 5.74) is 10.4. The molecule has 0 fully saturated rings. The van der Waals surface area contributed by atoms with Crippen LogP contribution >= 0.6 is 0 Å². The van der Waals surface area contributed by atoms with Crippen LogP contribution in [0.3, 0.4) is 0 Å². The molecular weight excluding hydrogens is 409 g/mol. The highest BCUT2D eigenvalue weighted by molar-refractivity contribution is 6.00. The number of fused-ring (bicyclic) bond motifs is 1. The number of benzene rings is 2. The van der Waals surface area contributed by atoms with Gasteiger partial charge in [0, 0.05) is 24.4 Å². The summed E-state index contributed by atoms with van der Waals surface area (Å²) in [7, 11) is 0. The van der Waals surface area contributed by atoms with E-state index < -0.39 is 0 Å². The van der Waals surface area contributed by atoms with Gasteiger partial charge in [0.05, 0.1) is 29.7 Å². The van der Waals surface area contributed by atoms with Gasteiger partial charge in [-0.15, -0.1) is 0 Å². The predicted molar refractivity (Wildman–Crippen MR) is 120 cm³/mol. The molecule has 0 saturated heterocycles. The van der Waals surface area contributed by atoms with Crippen molar-refractivity contribution >= 4 is 29.0 Å². The molecule has 0 atom stereocenters. The minimum atomic E-state index is -0.383. The summed E-state index contributed by atoms with van der Waals surface area (Å²) in [5.74, 6) is 0.542. The molecule has 2 aromatic heterocycles. The Kier molecular flexibility index (Phi) is 4.98. The van der Waals surface area contributed by atoms with E-state index in [-0.39, 0.29) is 18.1 Å². The predicted octanol–water partition coefficient (Wildman–Crippen LogP) is 3.46. The number of nitrogen functional groups attached to an aromatic ring is 1. The maximum Gasteiger partial charge on any atom is 0.231 e. The summed E-state index contributed by atoms with van der Waals surface area (Å²) in [6, 6.07) is 13.7. The van der Waals surface area contributed by atoms with Crippen LogP contribution < -0.4 is 16.0 Å². The molecule has 3 heterocycles. The summed E-state index contributed by atoms with van der Waals surface area (Å²) < 4.78 is 14.0. The van der Waals surface area contributed by atoms with Gasteiger partial charge in [-0.1, -0.05) is 18.2 Å². The third-order valence-electron chi connectivity index (χ3n) is 5.39. The number of nitrogens with zero attached hydrogens (tertiary/aromatic N) is 4. The van der Waals surface area contributed by atoms with E-state index in [1.54, 1.807) is 53.7 Å². The van der Waals surface area contributed by atoms with Crippen molar-refractivity contribution in [2.45, 2.75) is 12.8 Å². The van der Waals surface area contributed by atoms with Crippen LogP contribution in [0.15, 0.2) is 60.9 Å². The van der Waals surface area contributed by atoms with E-state index >= 15 is 0 Å². The van der Waals surface area contributed by atoms with Gasteiger partial charge < -0.3 is 16.0 Å². The number of amides is 1. The van der Waals surface area contributed by atoms with E-state index in [9.17, 15) is 9.18 Å². The Labute approximate surface area is 183 Å². The van der Waals surface area contributed by atoms with Crippen molar-refractivity contribution in [3.8, 4) is 11.3 Å². The summed E-state index contributed by atoms with van der Waals surface area (Å²) in [6.07, 6.45) is 3.95. The van der Waals surface area contributed by atoms with Crippen LogP contribution in [0.4, 0.5) is 27.5 Å². The number of aromatic amines is 1. The zero-order valence-electron chi connectivity index (χ0n) is 17.0. The smallest absolute Gasteiger partial charge is 0.231 e. The monoisotopic (exact) mass is 429 g/mol. The molecule has 2 aromatic carbocycles. The molecule has 32 heavy (non-hydrogen) atoms. The molecular formula is C23H20FN7O. The molecule has 4 aromatic rings. The SMILES string of the molecule is Nc1cc(-c2ccnc(Nc3ccn[nH]3)n2)cc2c1N(C(=O)Cc1ccccc1F)CC2. The molecule has 5 rings (SSSR count). The van der Waals surface area contributed by atoms with Gasteiger partial charge in [-0.25, -0.2) is 14.4 Å². The third-order valence-corrected chi connectivity index (χ3v) is 5.39. The van der Waals surface area contributed by atoms with E-state index in [1.165, 1.54) is 6.07 Å². The minimum absolute atomic E-state index is 0.0121. The molecule has 0 aliphatic carbocycles. The minimum Gasteiger partial charge on any atom is -0.397 e. The van der Waals surface area contributed by atoms with Crippen molar-refractivity contribution < 1.29 is 9.18 Å². The Hall–Kier alpha value is -4.27. The van der Waals surface area contributed by atoms with Gasteiger partial charge in [-0.3, -0.25) is 9.89 Å². The van der Waals surface area contributed by atoms with Crippen LogP contribution in [0.25, 0.3) is 11.3 Å². The van der Waals surface area contributed by atoms with Crippen molar-refractivity contribution in [2.24, 2.45) is 0 Å². The molecule has 0 saturated carbocycles. The van der Waals surface area contributed by atoms with Crippen molar-refractivity contribution in [2.75, 3.05) is 22.5 Å². The first-order chi connectivity index (χ1) is 15.6. The number of anilines is 4. The first-order valence-electron chi connectivity index (χ1n) is 10.1. The van der Waals surface area contributed by atoms with Crippen LogP contribution in [-0.4, -0.2) is 32.6 Å². The molecule has 1 aliphatic rings. The number of carbonyl (C=O) groups is 1. The quantitative estimate of drug-likeness (QED) is 0.419. The van der Waals surface area contributed by atoms with Gasteiger partial charge in [-0.2, -0.15) is 5.10 Å². The Morgan fingerprint density at radius 3 is 2.88 bits per heavy atom. The number of hydrogen-bond acceptors (Lipinski definition) is 6. The van der Waals surface area contributed by atoms with Gasteiger partial charge in [0.15, 0.2) is 0 Å². The molecule has 0 spiro atoms. The van der Waals surface area contributed by atoms with Gasteiger partial charge >= 0.3 is 0 Å². The fourth-order valence-electron chi connectivity index (χ4n) is 3.91. The number of aromatic nitrogens is 4.